The Kier molecular flexibility index (Phi) is 7.91. The number of pyridine rings is 1. The van der Waals surface area contributed by atoms with Gasteiger partial charge in [0, 0.05) is 43.8 Å². The fourth-order valence-corrected chi connectivity index (χ4v) is 5.11. The van der Waals surface area contributed by atoms with Crippen molar-refractivity contribution in [3.8, 4) is 5.69 Å². The minimum absolute atomic E-state index is 0.0667. The number of esters is 1. The summed E-state index contributed by atoms with van der Waals surface area (Å²) < 4.78 is 6.86. The first-order chi connectivity index (χ1) is 19.4. The molecule has 2 aromatic heterocycles. The topological polar surface area (TPSA) is 106 Å². The van der Waals surface area contributed by atoms with Gasteiger partial charge in [0.15, 0.2) is 5.65 Å². The Morgan fingerprint density at radius 3 is 2.35 bits per heavy atom. The molecular weight excluding hydrogens is 506 g/mol. The Hall–Kier alpha value is -4.53. The maximum atomic E-state index is 13.2. The van der Waals surface area contributed by atoms with E-state index in [0.717, 1.165) is 43.7 Å². The summed E-state index contributed by atoms with van der Waals surface area (Å²) in [5, 5.41) is 3.47. The third-order valence-electron chi connectivity index (χ3n) is 7.44. The molecule has 0 spiro atoms. The van der Waals surface area contributed by atoms with Crippen LogP contribution in [0.4, 0.5) is 11.6 Å². The zero-order chi connectivity index (χ0) is 28.2. The Bertz CT molecular complexity index is 1590. The predicted octanol–water partition coefficient (Wildman–Crippen LogP) is 4.99. The van der Waals surface area contributed by atoms with Crippen LogP contribution in [-0.2, 0) is 16.0 Å². The number of amides is 1. The van der Waals surface area contributed by atoms with Crippen LogP contribution in [0.1, 0.15) is 61.0 Å². The average Bonchev–Trinajstić information content (AvgIpc) is 2.98. The summed E-state index contributed by atoms with van der Waals surface area (Å²) in [5.74, 6) is 0.206. The van der Waals surface area contributed by atoms with Crippen molar-refractivity contribution >= 4 is 34.5 Å². The summed E-state index contributed by atoms with van der Waals surface area (Å²) in [6.45, 7) is 7.13. The summed E-state index contributed by atoms with van der Waals surface area (Å²) >= 11 is 0. The van der Waals surface area contributed by atoms with Crippen LogP contribution in [-0.4, -0.2) is 51.0 Å². The van der Waals surface area contributed by atoms with E-state index >= 15 is 0 Å². The molecule has 0 radical (unpaired) electrons. The van der Waals surface area contributed by atoms with Crippen LogP contribution in [0.15, 0.2) is 65.7 Å². The number of nitrogens with one attached hydrogen (secondary N) is 1. The number of carbonyl (C=O) groups excluding carboxylic acids is 2. The number of hydrogen-bond donors (Lipinski definition) is 1. The molecule has 0 aliphatic carbocycles. The van der Waals surface area contributed by atoms with Crippen LogP contribution in [0, 0.1) is 0 Å². The molecule has 4 aromatic rings. The van der Waals surface area contributed by atoms with Crippen molar-refractivity contribution in [3.63, 3.8) is 0 Å². The number of benzene rings is 2. The van der Waals surface area contributed by atoms with E-state index < -0.39 is 11.4 Å². The Morgan fingerprint density at radius 2 is 1.73 bits per heavy atom. The number of anilines is 2. The Balaban J connectivity index is 1.45. The minimum Gasteiger partial charge on any atom is -0.462 e. The molecular formula is C31H33N5O4. The molecule has 1 fully saturated rings. The average molecular weight is 540 g/mol. The molecule has 9 nitrogen and oxygen atoms in total. The third-order valence-corrected chi connectivity index (χ3v) is 7.44. The summed E-state index contributed by atoms with van der Waals surface area (Å²) in [5.41, 5.74) is 3.83. The van der Waals surface area contributed by atoms with Gasteiger partial charge in [-0.1, -0.05) is 31.2 Å². The lowest BCUT2D eigenvalue weighted by Gasteiger charge is -2.31. The summed E-state index contributed by atoms with van der Waals surface area (Å²) in [4.78, 5) is 48.4. The van der Waals surface area contributed by atoms with Gasteiger partial charge in [-0.05, 0) is 67.5 Å². The van der Waals surface area contributed by atoms with Crippen molar-refractivity contribution in [2.75, 3.05) is 25.0 Å². The number of fused-ring (bicyclic) bond motifs is 1. The highest BCUT2D eigenvalue weighted by molar-refractivity contribution is 5.93. The second-order valence-electron chi connectivity index (χ2n) is 9.94. The minimum atomic E-state index is -0.678. The molecule has 1 saturated heterocycles. The van der Waals surface area contributed by atoms with Gasteiger partial charge in [-0.25, -0.2) is 9.78 Å². The van der Waals surface area contributed by atoms with E-state index in [2.05, 4.69) is 34.3 Å². The van der Waals surface area contributed by atoms with Gasteiger partial charge in [0.05, 0.1) is 12.0 Å². The molecule has 9 heteroatoms. The molecule has 0 atom stereocenters. The molecule has 0 unspecified atom stereocenters. The molecule has 1 aliphatic rings. The zero-order valence-corrected chi connectivity index (χ0v) is 23.0. The second-order valence-corrected chi connectivity index (χ2v) is 9.94. The van der Waals surface area contributed by atoms with Crippen LogP contribution < -0.4 is 10.7 Å². The number of ether oxygens (including phenoxy) is 1. The van der Waals surface area contributed by atoms with Crippen molar-refractivity contribution in [2.45, 2.75) is 46.0 Å². The van der Waals surface area contributed by atoms with Gasteiger partial charge in [-0.2, -0.15) is 4.98 Å². The van der Waals surface area contributed by atoms with E-state index in [1.54, 1.807) is 18.4 Å². The monoisotopic (exact) mass is 539 g/mol. The van der Waals surface area contributed by atoms with E-state index in [1.807, 2.05) is 41.3 Å². The van der Waals surface area contributed by atoms with Gasteiger partial charge in [-0.15, -0.1) is 0 Å². The van der Waals surface area contributed by atoms with Gasteiger partial charge >= 0.3 is 5.97 Å². The zero-order valence-electron chi connectivity index (χ0n) is 23.0. The first-order valence-corrected chi connectivity index (χ1v) is 13.7. The molecule has 0 bridgehead atoms. The van der Waals surface area contributed by atoms with E-state index in [1.165, 1.54) is 23.5 Å². The lowest BCUT2D eigenvalue weighted by atomic mass is 9.89. The van der Waals surface area contributed by atoms with Gasteiger partial charge in [0.1, 0.15) is 5.56 Å². The first kappa shape index (κ1) is 27.1. The predicted molar refractivity (Wildman–Crippen MR) is 154 cm³/mol. The van der Waals surface area contributed by atoms with Crippen LogP contribution in [0.3, 0.4) is 0 Å². The molecule has 1 aliphatic heterocycles. The summed E-state index contributed by atoms with van der Waals surface area (Å²) in [6.07, 6.45) is 5.73. The first-order valence-electron chi connectivity index (χ1n) is 13.7. The van der Waals surface area contributed by atoms with Crippen molar-refractivity contribution in [1.82, 2.24) is 19.4 Å². The van der Waals surface area contributed by atoms with E-state index in [0.29, 0.717) is 17.5 Å². The molecule has 1 amide bonds. The molecule has 3 heterocycles. The number of aryl methyl sites for hydroxylation is 1. The molecule has 5 rings (SSSR count). The second kappa shape index (κ2) is 11.7. The van der Waals surface area contributed by atoms with E-state index in [9.17, 15) is 14.4 Å². The lowest BCUT2D eigenvalue weighted by molar-refractivity contribution is -0.129. The highest BCUT2D eigenvalue weighted by Gasteiger charge is 2.22. The number of nitrogens with zero attached hydrogens (tertiary/aromatic N) is 4. The number of hydrogen-bond acceptors (Lipinski definition) is 7. The van der Waals surface area contributed by atoms with Crippen LogP contribution in [0.25, 0.3) is 16.7 Å². The highest BCUT2D eigenvalue weighted by Crippen LogP contribution is 2.29. The van der Waals surface area contributed by atoms with Gasteiger partial charge in [0.25, 0.3) is 0 Å². The summed E-state index contributed by atoms with van der Waals surface area (Å²) in [6, 6.07) is 16.0. The van der Waals surface area contributed by atoms with Crippen molar-refractivity contribution in [1.29, 1.82) is 0 Å². The third kappa shape index (κ3) is 5.59. The lowest BCUT2D eigenvalue weighted by Crippen LogP contribution is -2.36. The number of likely N-dealkylation sites (tertiary alicyclic amines) is 1. The summed E-state index contributed by atoms with van der Waals surface area (Å²) in [7, 11) is 0. The standard InChI is InChI=1S/C31H33N5O4/c1-4-21-6-12-25(13-7-21)36-19-27(30(39)40-5-2)28(38)26-18-32-31(34-29(26)36)33-24-10-8-22(9-11-24)23-14-16-35(17-15-23)20(3)37/h6-13,18-19,23H,4-5,14-17H2,1-3H3,(H,32,33,34). The molecule has 0 saturated carbocycles. The SMILES string of the molecule is CCOC(=O)c1cn(-c2ccc(CC)cc2)c2nc(Nc3ccc(C4CCN(C(C)=O)CC4)cc3)ncc2c1=O. The number of rotatable bonds is 7. The number of carbonyl (C=O) groups is 2. The maximum Gasteiger partial charge on any atom is 0.343 e. The van der Waals surface area contributed by atoms with Crippen LogP contribution >= 0.6 is 0 Å². The fraction of sp³-hybridized carbons (Fsp3) is 0.323. The van der Waals surface area contributed by atoms with Crippen molar-refractivity contribution < 1.29 is 14.3 Å². The van der Waals surface area contributed by atoms with Gasteiger partial charge < -0.3 is 19.5 Å². The quantitative estimate of drug-likeness (QED) is 0.330. The van der Waals surface area contributed by atoms with Crippen molar-refractivity contribution in [2.24, 2.45) is 0 Å². The molecule has 206 valence electrons. The molecule has 2 aromatic carbocycles. The number of aromatic nitrogens is 3. The smallest absolute Gasteiger partial charge is 0.343 e. The van der Waals surface area contributed by atoms with Crippen molar-refractivity contribution in [3.05, 3.63) is 87.8 Å². The largest absolute Gasteiger partial charge is 0.462 e. The fourth-order valence-electron chi connectivity index (χ4n) is 5.11. The molecule has 40 heavy (non-hydrogen) atoms. The Morgan fingerprint density at radius 1 is 1.02 bits per heavy atom. The normalized spacial score (nSPS) is 13.8. The number of piperidine rings is 1. The van der Waals surface area contributed by atoms with E-state index in [4.69, 9.17) is 4.74 Å². The molecule has 1 N–H and O–H groups in total. The van der Waals surface area contributed by atoms with Crippen LogP contribution in [0.2, 0.25) is 0 Å². The maximum absolute atomic E-state index is 13.2. The van der Waals surface area contributed by atoms with E-state index in [-0.39, 0.29) is 23.5 Å². The highest BCUT2D eigenvalue weighted by atomic mass is 16.5. The Labute approximate surface area is 232 Å². The van der Waals surface area contributed by atoms with Gasteiger partial charge in [-0.3, -0.25) is 9.59 Å². The van der Waals surface area contributed by atoms with Gasteiger partial charge in [0.2, 0.25) is 17.3 Å². The van der Waals surface area contributed by atoms with Crippen LogP contribution in [0.5, 0.6) is 0 Å².